The van der Waals surface area contributed by atoms with Crippen LogP contribution < -0.4 is 0 Å². The molecule has 28 heteroatoms. The van der Waals surface area contributed by atoms with E-state index in [0.717, 1.165) is 0 Å². The van der Waals surface area contributed by atoms with Crippen molar-refractivity contribution in [3.63, 3.8) is 0 Å². The maximum absolute atomic E-state index is 12.4. The fourth-order valence-corrected chi connectivity index (χ4v) is 7.86. The van der Waals surface area contributed by atoms with Gasteiger partial charge in [-0.1, -0.05) is 21.6 Å². The van der Waals surface area contributed by atoms with Crippen molar-refractivity contribution in [3.8, 4) is 0 Å². The van der Waals surface area contributed by atoms with Crippen LogP contribution in [0.1, 0.15) is 12.8 Å². The standard InChI is InChI=1S/C14H16N2O20S6/c17-9-1-7(39(23,24)25)11(19)15(9)5(13(21)35-41(29,30)31)3-37-38-4-6(14(22)36-42(32,33)34)16-10(18)2-8(12(16)20)40(26,27)28/h5-8H,1-4H2,(H,23,24,25)(H,26,27,28)(H,29,30,31)(H,32,33,34). The smallest absolute Gasteiger partial charge is 0.323 e. The summed E-state index contributed by atoms with van der Waals surface area (Å²) in [6, 6.07) is -4.67. The number of amides is 4. The van der Waals surface area contributed by atoms with Crippen LogP contribution in [0, 0.1) is 0 Å². The van der Waals surface area contributed by atoms with Gasteiger partial charge in [0.2, 0.25) is 11.8 Å². The molecule has 0 spiro atoms. The summed E-state index contributed by atoms with van der Waals surface area (Å²) in [6.07, 6.45) is -2.38. The van der Waals surface area contributed by atoms with Gasteiger partial charge in [-0.05, 0) is 0 Å². The van der Waals surface area contributed by atoms with Crippen LogP contribution in [-0.4, -0.2) is 131 Å². The highest BCUT2D eigenvalue weighted by Crippen LogP contribution is 2.31. The minimum atomic E-state index is -5.56. The Hall–Kier alpha value is -2.44. The third kappa shape index (κ3) is 9.03. The van der Waals surface area contributed by atoms with E-state index in [1.807, 2.05) is 0 Å². The number of rotatable bonds is 13. The Morgan fingerprint density at radius 2 is 0.952 bits per heavy atom. The van der Waals surface area contributed by atoms with E-state index in [1.54, 1.807) is 0 Å². The first kappa shape index (κ1) is 35.8. The zero-order chi connectivity index (χ0) is 32.6. The fraction of sp³-hybridized carbons (Fsp3) is 0.571. The van der Waals surface area contributed by atoms with E-state index >= 15 is 0 Å². The molecule has 2 rings (SSSR count). The van der Waals surface area contributed by atoms with Gasteiger partial charge in [0, 0.05) is 11.5 Å². The lowest BCUT2D eigenvalue weighted by atomic mass is 10.3. The van der Waals surface area contributed by atoms with Crippen LogP contribution in [0.15, 0.2) is 0 Å². The molecule has 238 valence electrons. The Balaban J connectivity index is 2.32. The van der Waals surface area contributed by atoms with Gasteiger partial charge < -0.3 is 8.37 Å². The minimum Gasteiger partial charge on any atom is -0.323 e. The molecule has 4 atom stereocenters. The molecule has 0 saturated carbocycles. The van der Waals surface area contributed by atoms with Crippen molar-refractivity contribution < 1.29 is 89.0 Å². The molecule has 4 amide bonds. The van der Waals surface area contributed by atoms with Gasteiger partial charge >= 0.3 is 32.7 Å². The van der Waals surface area contributed by atoms with Crippen LogP contribution in [0.25, 0.3) is 0 Å². The lowest BCUT2D eigenvalue weighted by Gasteiger charge is -2.25. The van der Waals surface area contributed by atoms with E-state index in [4.69, 9.17) is 18.2 Å². The number of carbonyl (C=O) groups is 6. The molecular formula is C14H16N2O20S6. The number of carbonyl (C=O) groups excluding carboxylic acids is 6. The lowest BCUT2D eigenvalue weighted by molar-refractivity contribution is -0.151. The predicted molar refractivity (Wildman–Crippen MR) is 131 cm³/mol. The second-order valence-electron chi connectivity index (χ2n) is 7.88. The van der Waals surface area contributed by atoms with Gasteiger partial charge in [0.25, 0.3) is 32.1 Å². The summed E-state index contributed by atoms with van der Waals surface area (Å²) < 4.78 is 133. The normalized spacial score (nSPS) is 21.9. The Labute approximate surface area is 243 Å². The van der Waals surface area contributed by atoms with Gasteiger partial charge in [-0.3, -0.25) is 47.2 Å². The van der Waals surface area contributed by atoms with Gasteiger partial charge in [0.1, 0.15) is 12.1 Å². The molecule has 2 fully saturated rings. The van der Waals surface area contributed by atoms with Gasteiger partial charge in [0.15, 0.2) is 10.5 Å². The number of likely N-dealkylation sites (tertiary alicyclic amines) is 2. The second kappa shape index (κ2) is 12.7. The van der Waals surface area contributed by atoms with E-state index in [2.05, 4.69) is 8.37 Å². The average molecular weight is 725 g/mol. The topological polar surface area (TPSA) is 345 Å². The molecule has 2 heterocycles. The first-order chi connectivity index (χ1) is 18.8. The molecule has 0 bridgehead atoms. The van der Waals surface area contributed by atoms with Crippen LogP contribution in [0.4, 0.5) is 0 Å². The van der Waals surface area contributed by atoms with Crippen LogP contribution >= 0.6 is 21.6 Å². The quantitative estimate of drug-likeness (QED) is 0.0605. The first-order valence-corrected chi connectivity index (χ1v) is 18.4. The van der Waals surface area contributed by atoms with Gasteiger partial charge in [0.05, 0.1) is 12.8 Å². The van der Waals surface area contributed by atoms with Crippen LogP contribution in [0.3, 0.4) is 0 Å². The molecule has 0 aromatic carbocycles. The van der Waals surface area contributed by atoms with Gasteiger partial charge in [-0.25, -0.2) is 9.59 Å². The summed E-state index contributed by atoms with van der Waals surface area (Å²) in [4.78, 5) is 73.9. The largest absolute Gasteiger partial charge is 0.449 e. The lowest BCUT2D eigenvalue weighted by Crippen LogP contribution is -2.49. The third-order valence-electron chi connectivity index (χ3n) is 5.08. The van der Waals surface area contributed by atoms with Crippen molar-refractivity contribution in [2.75, 3.05) is 11.5 Å². The molecular weight excluding hydrogens is 709 g/mol. The highest BCUT2D eigenvalue weighted by Gasteiger charge is 2.52. The van der Waals surface area contributed by atoms with Crippen LogP contribution in [0.2, 0.25) is 0 Å². The average Bonchev–Trinajstić information content (AvgIpc) is 3.23. The Kier molecular flexibility index (Phi) is 10.8. The summed E-state index contributed by atoms with van der Waals surface area (Å²) in [6.45, 7) is 0. The van der Waals surface area contributed by atoms with E-state index in [-0.39, 0.29) is 9.80 Å². The summed E-state index contributed by atoms with van der Waals surface area (Å²) in [7, 11) is -20.9. The zero-order valence-corrected chi connectivity index (χ0v) is 24.7. The number of nitrogens with zero attached hydrogens (tertiary/aromatic N) is 2. The Morgan fingerprint density at radius 1 is 0.667 bits per heavy atom. The third-order valence-corrected chi connectivity index (χ3v) is 10.4. The highest BCUT2D eigenvalue weighted by molar-refractivity contribution is 8.76. The molecule has 0 radical (unpaired) electrons. The molecule has 4 N–H and O–H groups in total. The summed E-state index contributed by atoms with van der Waals surface area (Å²) in [5.41, 5.74) is 0. The van der Waals surface area contributed by atoms with Crippen molar-refractivity contribution in [1.82, 2.24) is 9.80 Å². The SMILES string of the molecule is O=C(OS(=O)(=O)O)C(CSSCC(C(=O)OS(=O)(=O)O)N1C(=O)CC(S(=O)(=O)O)C1=O)N1C(=O)CC(S(=O)(=O)O)C1=O. The summed E-state index contributed by atoms with van der Waals surface area (Å²) in [5, 5.41) is -4.79. The van der Waals surface area contributed by atoms with E-state index in [0.29, 0.717) is 21.6 Å². The molecule has 2 aliphatic rings. The molecule has 0 aliphatic carbocycles. The summed E-state index contributed by atoms with van der Waals surface area (Å²) >= 11 is 0. The molecule has 22 nitrogen and oxygen atoms in total. The number of hydrogen-bond acceptors (Lipinski definition) is 18. The van der Waals surface area contributed by atoms with Gasteiger partial charge in [-0.15, -0.1) is 0 Å². The van der Waals surface area contributed by atoms with Crippen molar-refractivity contribution >= 4 is 98.2 Å². The monoisotopic (exact) mass is 724 g/mol. The maximum atomic E-state index is 12.4. The number of imide groups is 2. The predicted octanol–water partition coefficient (Wildman–Crippen LogP) is -4.17. The minimum absolute atomic E-state index is 0.103. The van der Waals surface area contributed by atoms with Crippen molar-refractivity contribution in [1.29, 1.82) is 0 Å². The Bertz CT molecular complexity index is 1510. The maximum Gasteiger partial charge on any atom is 0.449 e. The zero-order valence-electron chi connectivity index (χ0n) is 19.8. The molecule has 2 saturated heterocycles. The molecule has 2 aliphatic heterocycles. The van der Waals surface area contributed by atoms with E-state index in [9.17, 15) is 62.4 Å². The summed E-state index contributed by atoms with van der Waals surface area (Å²) in [5.74, 6) is -12.2. The molecule has 42 heavy (non-hydrogen) atoms. The van der Waals surface area contributed by atoms with E-state index < -0.39 is 124 Å². The molecule has 0 aromatic heterocycles. The van der Waals surface area contributed by atoms with Crippen molar-refractivity contribution in [2.24, 2.45) is 0 Å². The molecule has 0 aromatic rings. The number of hydrogen-bond donors (Lipinski definition) is 4. The molecule has 4 unspecified atom stereocenters. The highest BCUT2D eigenvalue weighted by atomic mass is 33.1. The second-order valence-corrected chi connectivity index (χ2v) is 15.7. The first-order valence-electron chi connectivity index (χ1n) is 10.2. The van der Waals surface area contributed by atoms with Crippen molar-refractivity contribution in [2.45, 2.75) is 35.4 Å². The fourth-order valence-electron chi connectivity index (χ4n) is 3.40. The van der Waals surface area contributed by atoms with Crippen LogP contribution in [0.5, 0.6) is 0 Å². The van der Waals surface area contributed by atoms with Crippen LogP contribution in [-0.2, 0) is 78.2 Å². The van der Waals surface area contributed by atoms with Crippen molar-refractivity contribution in [3.05, 3.63) is 0 Å². The van der Waals surface area contributed by atoms with E-state index in [1.165, 1.54) is 0 Å². The van der Waals surface area contributed by atoms with Gasteiger partial charge in [-0.2, -0.15) is 33.7 Å². The Morgan fingerprint density at radius 3 is 1.17 bits per heavy atom.